The highest BCUT2D eigenvalue weighted by molar-refractivity contribution is 6.35. The van der Waals surface area contributed by atoms with Crippen molar-refractivity contribution in [3.05, 3.63) is 63.6 Å². The molecule has 0 atom stereocenters. The summed E-state index contributed by atoms with van der Waals surface area (Å²) in [6, 6.07) is 14.0. The Bertz CT molecular complexity index is 599. The maximum absolute atomic E-state index is 6.09. The average Bonchev–Trinajstić information content (AvgIpc) is 2.45. The van der Waals surface area contributed by atoms with Gasteiger partial charge in [0.05, 0.1) is 5.02 Å². The van der Waals surface area contributed by atoms with Crippen LogP contribution >= 0.6 is 23.2 Å². The zero-order chi connectivity index (χ0) is 15.2. The van der Waals surface area contributed by atoms with Gasteiger partial charge in [0.25, 0.3) is 0 Å². The number of nitrogens with one attached hydrogen (secondary N) is 1. The van der Waals surface area contributed by atoms with Gasteiger partial charge < -0.3 is 10.1 Å². The lowest BCUT2D eigenvalue weighted by atomic mass is 10.1. The van der Waals surface area contributed by atoms with E-state index in [0.29, 0.717) is 28.4 Å². The van der Waals surface area contributed by atoms with Crippen molar-refractivity contribution in [3.63, 3.8) is 0 Å². The van der Waals surface area contributed by atoms with E-state index in [2.05, 4.69) is 31.3 Å². The molecule has 4 heteroatoms. The summed E-state index contributed by atoms with van der Waals surface area (Å²) in [5, 5.41) is 4.54. The predicted octanol–water partition coefficient (Wildman–Crippen LogP) is 5.07. The molecule has 0 spiro atoms. The lowest BCUT2D eigenvalue weighted by Crippen LogP contribution is -2.21. The summed E-state index contributed by atoms with van der Waals surface area (Å²) < 4.78 is 5.75. The fourth-order valence-electron chi connectivity index (χ4n) is 1.90. The summed E-state index contributed by atoms with van der Waals surface area (Å²) in [4.78, 5) is 0. The minimum atomic E-state index is 0.470. The highest BCUT2D eigenvalue weighted by Crippen LogP contribution is 2.28. The van der Waals surface area contributed by atoms with E-state index in [4.69, 9.17) is 27.9 Å². The van der Waals surface area contributed by atoms with Crippen LogP contribution in [0.4, 0.5) is 0 Å². The number of rotatable bonds is 6. The van der Waals surface area contributed by atoms with Crippen molar-refractivity contribution in [1.82, 2.24) is 5.32 Å². The lowest BCUT2D eigenvalue weighted by molar-refractivity contribution is 0.306. The molecule has 0 unspecified atom stereocenters. The van der Waals surface area contributed by atoms with Crippen molar-refractivity contribution >= 4 is 23.2 Å². The molecule has 0 radical (unpaired) electrons. The molecule has 2 aromatic carbocycles. The van der Waals surface area contributed by atoms with E-state index < -0.39 is 0 Å². The Balaban J connectivity index is 1.98. The van der Waals surface area contributed by atoms with Crippen LogP contribution in [0.1, 0.15) is 25.0 Å². The summed E-state index contributed by atoms with van der Waals surface area (Å²) in [6.07, 6.45) is 0. The Hall–Kier alpha value is -1.22. The molecule has 2 rings (SSSR count). The first-order valence-electron chi connectivity index (χ1n) is 6.93. The summed E-state index contributed by atoms with van der Waals surface area (Å²) >= 11 is 12.0. The number of ether oxygens (including phenoxy) is 1. The third kappa shape index (κ3) is 5.24. The fraction of sp³-hybridized carbons (Fsp3) is 0.294. The second kappa shape index (κ2) is 7.69. The summed E-state index contributed by atoms with van der Waals surface area (Å²) in [6.45, 7) is 5.61. The largest absolute Gasteiger partial charge is 0.487 e. The van der Waals surface area contributed by atoms with Crippen LogP contribution in [-0.2, 0) is 13.2 Å². The number of hydrogen-bond donors (Lipinski definition) is 1. The Labute approximate surface area is 136 Å². The van der Waals surface area contributed by atoms with E-state index in [1.54, 1.807) is 18.2 Å². The molecule has 112 valence electrons. The van der Waals surface area contributed by atoms with Gasteiger partial charge in [-0.25, -0.2) is 0 Å². The quantitative estimate of drug-likeness (QED) is 0.801. The van der Waals surface area contributed by atoms with Crippen LogP contribution in [0.25, 0.3) is 0 Å². The topological polar surface area (TPSA) is 21.3 Å². The third-order valence-corrected chi connectivity index (χ3v) is 3.52. The molecule has 0 saturated heterocycles. The zero-order valence-electron chi connectivity index (χ0n) is 12.2. The molecule has 2 nitrogen and oxygen atoms in total. The Morgan fingerprint density at radius 2 is 1.81 bits per heavy atom. The highest BCUT2D eigenvalue weighted by atomic mass is 35.5. The molecule has 0 fully saturated rings. The van der Waals surface area contributed by atoms with Crippen LogP contribution in [0.5, 0.6) is 5.75 Å². The van der Waals surface area contributed by atoms with Crippen molar-refractivity contribution in [2.75, 3.05) is 0 Å². The van der Waals surface area contributed by atoms with Crippen molar-refractivity contribution < 1.29 is 4.74 Å². The minimum Gasteiger partial charge on any atom is -0.487 e. The molecule has 0 saturated carbocycles. The van der Waals surface area contributed by atoms with E-state index in [9.17, 15) is 0 Å². The molecule has 0 amide bonds. The monoisotopic (exact) mass is 323 g/mol. The molecule has 0 aliphatic heterocycles. The first-order chi connectivity index (χ1) is 10.0. The van der Waals surface area contributed by atoms with Crippen LogP contribution < -0.4 is 10.1 Å². The number of hydrogen-bond acceptors (Lipinski definition) is 2. The van der Waals surface area contributed by atoms with Gasteiger partial charge in [0.1, 0.15) is 12.4 Å². The molecular weight excluding hydrogens is 305 g/mol. The van der Waals surface area contributed by atoms with Gasteiger partial charge in [-0.05, 0) is 29.3 Å². The standard InChI is InChI=1S/C17H19Cl2NO/c1-12(2)20-10-13-4-3-5-14(8-13)11-21-17-7-6-15(18)9-16(17)19/h3-9,12,20H,10-11H2,1-2H3. The minimum absolute atomic E-state index is 0.470. The van der Waals surface area contributed by atoms with Gasteiger partial charge >= 0.3 is 0 Å². The molecule has 0 aliphatic carbocycles. The molecular formula is C17H19Cl2NO. The third-order valence-electron chi connectivity index (χ3n) is 2.99. The van der Waals surface area contributed by atoms with Crippen LogP contribution in [0.2, 0.25) is 10.0 Å². The van der Waals surface area contributed by atoms with Gasteiger partial charge in [-0.2, -0.15) is 0 Å². The second-order valence-electron chi connectivity index (χ2n) is 5.22. The highest BCUT2D eigenvalue weighted by Gasteiger charge is 2.03. The number of benzene rings is 2. The molecule has 0 heterocycles. The van der Waals surface area contributed by atoms with Crippen LogP contribution in [-0.4, -0.2) is 6.04 Å². The average molecular weight is 324 g/mol. The molecule has 1 N–H and O–H groups in total. The normalized spacial score (nSPS) is 10.9. The summed E-state index contributed by atoms with van der Waals surface area (Å²) in [5.41, 5.74) is 2.36. The summed E-state index contributed by atoms with van der Waals surface area (Å²) in [7, 11) is 0. The van der Waals surface area contributed by atoms with Crippen molar-refractivity contribution in [3.8, 4) is 5.75 Å². The van der Waals surface area contributed by atoms with E-state index in [1.165, 1.54) is 5.56 Å². The fourth-order valence-corrected chi connectivity index (χ4v) is 2.37. The Morgan fingerprint density at radius 1 is 1.05 bits per heavy atom. The van der Waals surface area contributed by atoms with E-state index in [-0.39, 0.29) is 0 Å². The Morgan fingerprint density at radius 3 is 2.52 bits per heavy atom. The molecule has 0 aromatic heterocycles. The Kier molecular flexibility index (Phi) is 5.92. The first kappa shape index (κ1) is 16.2. The van der Waals surface area contributed by atoms with Crippen molar-refractivity contribution in [2.45, 2.75) is 33.0 Å². The van der Waals surface area contributed by atoms with Gasteiger partial charge in [-0.3, -0.25) is 0 Å². The van der Waals surface area contributed by atoms with Crippen LogP contribution in [0.3, 0.4) is 0 Å². The predicted molar refractivity (Wildman–Crippen MR) is 89.2 cm³/mol. The molecule has 2 aromatic rings. The lowest BCUT2D eigenvalue weighted by Gasteiger charge is -2.11. The van der Waals surface area contributed by atoms with E-state index in [0.717, 1.165) is 12.1 Å². The van der Waals surface area contributed by atoms with E-state index >= 15 is 0 Å². The van der Waals surface area contributed by atoms with Crippen molar-refractivity contribution in [1.29, 1.82) is 0 Å². The number of halogens is 2. The SMILES string of the molecule is CC(C)NCc1cccc(COc2ccc(Cl)cc2Cl)c1. The van der Waals surface area contributed by atoms with Gasteiger partial charge in [0.15, 0.2) is 0 Å². The molecule has 0 bridgehead atoms. The van der Waals surface area contributed by atoms with Gasteiger partial charge in [0.2, 0.25) is 0 Å². The second-order valence-corrected chi connectivity index (χ2v) is 6.06. The smallest absolute Gasteiger partial charge is 0.138 e. The van der Waals surface area contributed by atoms with Crippen LogP contribution in [0.15, 0.2) is 42.5 Å². The molecule has 21 heavy (non-hydrogen) atoms. The van der Waals surface area contributed by atoms with Crippen molar-refractivity contribution in [2.24, 2.45) is 0 Å². The maximum Gasteiger partial charge on any atom is 0.138 e. The first-order valence-corrected chi connectivity index (χ1v) is 7.69. The molecule has 0 aliphatic rings. The summed E-state index contributed by atoms with van der Waals surface area (Å²) in [5.74, 6) is 0.645. The van der Waals surface area contributed by atoms with Gasteiger partial charge in [-0.15, -0.1) is 0 Å². The van der Waals surface area contributed by atoms with Crippen LogP contribution in [0, 0.1) is 0 Å². The van der Waals surface area contributed by atoms with Gasteiger partial charge in [-0.1, -0.05) is 61.3 Å². The zero-order valence-corrected chi connectivity index (χ0v) is 13.7. The van der Waals surface area contributed by atoms with E-state index in [1.807, 2.05) is 12.1 Å². The van der Waals surface area contributed by atoms with Gasteiger partial charge in [0, 0.05) is 17.6 Å². The maximum atomic E-state index is 6.09.